The third kappa shape index (κ3) is 6.95. The van der Waals surface area contributed by atoms with Crippen molar-refractivity contribution in [1.82, 2.24) is 5.32 Å². The fraction of sp³-hybridized carbons (Fsp3) is 0.308. The van der Waals surface area contributed by atoms with E-state index in [2.05, 4.69) is 79.0 Å². The van der Waals surface area contributed by atoms with E-state index in [1.54, 1.807) is 7.11 Å². The average Bonchev–Trinajstić information content (AvgIpc) is 2.78. The Morgan fingerprint density at radius 2 is 1.41 bits per heavy atom. The van der Waals surface area contributed by atoms with Crippen molar-refractivity contribution < 1.29 is 9.47 Å². The number of benzene rings is 3. The van der Waals surface area contributed by atoms with E-state index in [0.29, 0.717) is 12.6 Å². The van der Waals surface area contributed by atoms with E-state index >= 15 is 0 Å². The Hall–Kier alpha value is -2.78. The predicted molar refractivity (Wildman–Crippen MR) is 120 cm³/mol. The van der Waals surface area contributed by atoms with Crippen LogP contribution >= 0.6 is 0 Å². The van der Waals surface area contributed by atoms with Gasteiger partial charge in [-0.15, -0.1) is 0 Å². The highest BCUT2D eigenvalue weighted by Crippen LogP contribution is 2.28. The second-order valence-corrected chi connectivity index (χ2v) is 7.38. The summed E-state index contributed by atoms with van der Waals surface area (Å²) in [6.45, 7) is 3.69. The maximum atomic E-state index is 5.95. The van der Waals surface area contributed by atoms with Crippen LogP contribution in [0, 0.1) is 0 Å². The molecule has 29 heavy (non-hydrogen) atoms. The van der Waals surface area contributed by atoms with Gasteiger partial charge in [-0.1, -0.05) is 66.7 Å². The zero-order chi connectivity index (χ0) is 20.3. The van der Waals surface area contributed by atoms with Gasteiger partial charge in [0.25, 0.3) is 0 Å². The number of hydrogen-bond acceptors (Lipinski definition) is 3. The SMILES string of the molecule is COc1cc(CNC(C)CCc2ccccc2)ccc1OCCc1ccccc1. The highest BCUT2D eigenvalue weighted by molar-refractivity contribution is 5.43. The van der Waals surface area contributed by atoms with E-state index in [1.807, 2.05) is 12.1 Å². The molecule has 3 aromatic rings. The largest absolute Gasteiger partial charge is 0.493 e. The molecule has 3 aromatic carbocycles. The summed E-state index contributed by atoms with van der Waals surface area (Å²) in [6.07, 6.45) is 3.08. The van der Waals surface area contributed by atoms with Crippen molar-refractivity contribution in [2.24, 2.45) is 0 Å². The Labute approximate surface area is 174 Å². The molecule has 0 aliphatic rings. The van der Waals surface area contributed by atoms with Gasteiger partial charge in [0.1, 0.15) is 0 Å². The van der Waals surface area contributed by atoms with Crippen LogP contribution in [-0.2, 0) is 19.4 Å². The third-order valence-corrected chi connectivity index (χ3v) is 5.08. The fourth-order valence-corrected chi connectivity index (χ4v) is 3.29. The molecule has 0 spiro atoms. The Morgan fingerprint density at radius 3 is 2.07 bits per heavy atom. The van der Waals surface area contributed by atoms with Crippen molar-refractivity contribution in [2.75, 3.05) is 13.7 Å². The number of nitrogens with one attached hydrogen (secondary N) is 1. The van der Waals surface area contributed by atoms with E-state index < -0.39 is 0 Å². The van der Waals surface area contributed by atoms with E-state index in [1.165, 1.54) is 16.7 Å². The first-order valence-electron chi connectivity index (χ1n) is 10.4. The van der Waals surface area contributed by atoms with Crippen molar-refractivity contribution in [3.05, 3.63) is 95.6 Å². The van der Waals surface area contributed by atoms with Gasteiger partial charge in [-0.3, -0.25) is 0 Å². The second kappa shape index (κ2) is 11.3. The molecule has 0 bridgehead atoms. The Kier molecular flexibility index (Phi) is 8.14. The molecule has 152 valence electrons. The quantitative estimate of drug-likeness (QED) is 0.474. The molecular weight excluding hydrogens is 358 g/mol. The van der Waals surface area contributed by atoms with Crippen LogP contribution in [0.15, 0.2) is 78.9 Å². The van der Waals surface area contributed by atoms with E-state index in [-0.39, 0.29) is 0 Å². The molecule has 0 amide bonds. The smallest absolute Gasteiger partial charge is 0.161 e. The molecule has 0 fully saturated rings. The van der Waals surface area contributed by atoms with Gasteiger partial charge < -0.3 is 14.8 Å². The average molecular weight is 390 g/mol. The second-order valence-electron chi connectivity index (χ2n) is 7.38. The third-order valence-electron chi connectivity index (χ3n) is 5.08. The molecule has 0 saturated carbocycles. The number of hydrogen-bond donors (Lipinski definition) is 1. The summed E-state index contributed by atoms with van der Waals surface area (Å²) in [5.41, 5.74) is 3.86. The van der Waals surface area contributed by atoms with Gasteiger partial charge in [0.15, 0.2) is 11.5 Å². The molecule has 1 unspecified atom stereocenters. The standard InChI is InChI=1S/C26H31NO2/c1-21(13-14-22-9-5-3-6-10-22)27-20-24-15-16-25(26(19-24)28-2)29-18-17-23-11-7-4-8-12-23/h3-12,15-16,19,21,27H,13-14,17-18,20H2,1-2H3. The molecule has 3 rings (SSSR count). The minimum Gasteiger partial charge on any atom is -0.493 e. The first-order valence-corrected chi connectivity index (χ1v) is 10.4. The Morgan fingerprint density at radius 1 is 0.759 bits per heavy atom. The van der Waals surface area contributed by atoms with Crippen LogP contribution in [0.2, 0.25) is 0 Å². The molecule has 0 aliphatic carbocycles. The molecule has 0 saturated heterocycles. The summed E-state index contributed by atoms with van der Waals surface area (Å²) in [4.78, 5) is 0. The maximum Gasteiger partial charge on any atom is 0.161 e. The lowest BCUT2D eigenvalue weighted by Gasteiger charge is -2.16. The van der Waals surface area contributed by atoms with Gasteiger partial charge >= 0.3 is 0 Å². The normalized spacial score (nSPS) is 11.8. The first kappa shape index (κ1) is 20.9. The summed E-state index contributed by atoms with van der Waals surface area (Å²) in [6, 6.07) is 27.6. The molecule has 3 nitrogen and oxygen atoms in total. The van der Waals surface area contributed by atoms with Gasteiger partial charge in [-0.05, 0) is 48.6 Å². The van der Waals surface area contributed by atoms with Crippen molar-refractivity contribution in [2.45, 2.75) is 38.8 Å². The van der Waals surface area contributed by atoms with Crippen LogP contribution in [0.1, 0.15) is 30.0 Å². The zero-order valence-electron chi connectivity index (χ0n) is 17.4. The zero-order valence-corrected chi connectivity index (χ0v) is 17.4. The van der Waals surface area contributed by atoms with Gasteiger partial charge in [0, 0.05) is 19.0 Å². The molecule has 0 aromatic heterocycles. The highest BCUT2D eigenvalue weighted by atomic mass is 16.5. The van der Waals surface area contributed by atoms with Gasteiger partial charge in [0.2, 0.25) is 0 Å². The Balaban J connectivity index is 1.46. The fourth-order valence-electron chi connectivity index (χ4n) is 3.29. The number of rotatable bonds is 11. The summed E-state index contributed by atoms with van der Waals surface area (Å²) < 4.78 is 11.5. The molecule has 1 atom stereocenters. The van der Waals surface area contributed by atoms with Crippen LogP contribution in [0.25, 0.3) is 0 Å². The minimum atomic E-state index is 0.447. The van der Waals surface area contributed by atoms with E-state index in [9.17, 15) is 0 Å². The summed E-state index contributed by atoms with van der Waals surface area (Å²) in [5.74, 6) is 1.58. The summed E-state index contributed by atoms with van der Waals surface area (Å²) in [5, 5.41) is 3.61. The van der Waals surface area contributed by atoms with Crippen molar-refractivity contribution >= 4 is 0 Å². The molecule has 0 aliphatic heterocycles. The molecule has 1 N–H and O–H groups in total. The van der Waals surface area contributed by atoms with Crippen LogP contribution in [0.5, 0.6) is 11.5 Å². The number of ether oxygens (including phenoxy) is 2. The molecular formula is C26H31NO2. The lowest BCUT2D eigenvalue weighted by Crippen LogP contribution is -2.26. The molecule has 0 heterocycles. The summed E-state index contributed by atoms with van der Waals surface area (Å²) in [7, 11) is 1.69. The van der Waals surface area contributed by atoms with Crippen molar-refractivity contribution in [3.8, 4) is 11.5 Å². The van der Waals surface area contributed by atoms with Crippen LogP contribution in [-0.4, -0.2) is 19.8 Å². The molecule has 3 heteroatoms. The van der Waals surface area contributed by atoms with Crippen LogP contribution < -0.4 is 14.8 Å². The summed E-state index contributed by atoms with van der Waals surface area (Å²) >= 11 is 0. The van der Waals surface area contributed by atoms with Crippen LogP contribution in [0.4, 0.5) is 0 Å². The van der Waals surface area contributed by atoms with Gasteiger partial charge in [0.05, 0.1) is 13.7 Å². The van der Waals surface area contributed by atoms with E-state index in [4.69, 9.17) is 9.47 Å². The monoisotopic (exact) mass is 389 g/mol. The highest BCUT2D eigenvalue weighted by Gasteiger charge is 2.08. The van der Waals surface area contributed by atoms with E-state index in [0.717, 1.165) is 37.3 Å². The molecule has 0 radical (unpaired) electrons. The topological polar surface area (TPSA) is 30.5 Å². The van der Waals surface area contributed by atoms with Crippen molar-refractivity contribution in [3.63, 3.8) is 0 Å². The lowest BCUT2D eigenvalue weighted by atomic mass is 10.1. The lowest BCUT2D eigenvalue weighted by molar-refractivity contribution is 0.297. The Bertz CT molecular complexity index is 849. The van der Waals surface area contributed by atoms with Gasteiger partial charge in [-0.2, -0.15) is 0 Å². The number of aryl methyl sites for hydroxylation is 1. The van der Waals surface area contributed by atoms with Crippen LogP contribution in [0.3, 0.4) is 0 Å². The maximum absolute atomic E-state index is 5.95. The minimum absolute atomic E-state index is 0.447. The number of methoxy groups -OCH3 is 1. The van der Waals surface area contributed by atoms with Crippen molar-refractivity contribution in [1.29, 1.82) is 0 Å². The predicted octanol–water partition coefficient (Wildman–Crippen LogP) is 5.43. The first-order chi connectivity index (χ1) is 14.2. The van der Waals surface area contributed by atoms with Gasteiger partial charge in [-0.25, -0.2) is 0 Å².